The standard InChI is InChI=1S/C13H19N3O/c1-11(9-16-7-6-14-10-16)15-13(17)8-12-4-2-3-5-12/h2,4,6-7,10-12H,3,5,8-9H2,1H3,(H,15,17)/t11-,12+/m0/s1. The lowest BCUT2D eigenvalue weighted by Gasteiger charge is -2.15. The molecular formula is C13H19N3O. The van der Waals surface area contributed by atoms with E-state index in [2.05, 4.69) is 22.5 Å². The molecule has 0 aromatic carbocycles. The fourth-order valence-corrected chi connectivity index (χ4v) is 2.19. The van der Waals surface area contributed by atoms with Crippen LogP contribution in [0.4, 0.5) is 0 Å². The van der Waals surface area contributed by atoms with Crippen LogP contribution in [0.3, 0.4) is 0 Å². The van der Waals surface area contributed by atoms with Crippen molar-refractivity contribution in [3.63, 3.8) is 0 Å². The second-order valence-electron chi connectivity index (χ2n) is 4.70. The van der Waals surface area contributed by atoms with E-state index in [1.165, 1.54) is 0 Å². The third-order valence-electron chi connectivity index (χ3n) is 3.01. The quantitative estimate of drug-likeness (QED) is 0.787. The van der Waals surface area contributed by atoms with Gasteiger partial charge in [0.05, 0.1) is 6.33 Å². The normalized spacial score (nSPS) is 20.4. The molecule has 0 aliphatic heterocycles. The van der Waals surface area contributed by atoms with Gasteiger partial charge in [-0.3, -0.25) is 4.79 Å². The molecule has 1 amide bonds. The van der Waals surface area contributed by atoms with Gasteiger partial charge in [-0.2, -0.15) is 0 Å². The van der Waals surface area contributed by atoms with Crippen LogP contribution < -0.4 is 5.32 Å². The number of rotatable bonds is 5. The molecule has 0 spiro atoms. The number of carbonyl (C=O) groups is 1. The fourth-order valence-electron chi connectivity index (χ4n) is 2.19. The Morgan fingerprint density at radius 2 is 2.53 bits per heavy atom. The first-order valence-corrected chi connectivity index (χ1v) is 6.16. The third-order valence-corrected chi connectivity index (χ3v) is 3.01. The maximum Gasteiger partial charge on any atom is 0.220 e. The van der Waals surface area contributed by atoms with E-state index in [0.717, 1.165) is 19.4 Å². The number of nitrogens with zero attached hydrogens (tertiary/aromatic N) is 2. The van der Waals surface area contributed by atoms with Crippen molar-refractivity contribution in [2.24, 2.45) is 5.92 Å². The molecule has 92 valence electrons. The van der Waals surface area contributed by atoms with E-state index < -0.39 is 0 Å². The van der Waals surface area contributed by atoms with Crippen LogP contribution in [0, 0.1) is 5.92 Å². The van der Waals surface area contributed by atoms with E-state index >= 15 is 0 Å². The first-order chi connectivity index (χ1) is 8.24. The summed E-state index contributed by atoms with van der Waals surface area (Å²) in [5, 5.41) is 3.02. The Morgan fingerprint density at radius 3 is 3.18 bits per heavy atom. The van der Waals surface area contributed by atoms with E-state index in [1.54, 1.807) is 12.5 Å². The number of hydrogen-bond donors (Lipinski definition) is 1. The van der Waals surface area contributed by atoms with Gasteiger partial charge in [0.1, 0.15) is 0 Å². The lowest BCUT2D eigenvalue weighted by molar-refractivity contribution is -0.122. The Hall–Kier alpha value is -1.58. The van der Waals surface area contributed by atoms with Crippen LogP contribution in [0.5, 0.6) is 0 Å². The van der Waals surface area contributed by atoms with E-state index in [9.17, 15) is 4.79 Å². The fraction of sp³-hybridized carbons (Fsp3) is 0.538. The predicted octanol–water partition coefficient (Wildman–Crippen LogP) is 1.74. The Balaban J connectivity index is 1.72. The van der Waals surface area contributed by atoms with E-state index in [0.29, 0.717) is 12.3 Å². The Morgan fingerprint density at radius 1 is 1.65 bits per heavy atom. The SMILES string of the molecule is C[C@@H](Cn1ccnc1)NC(=O)C[C@@H]1C=CCC1. The molecule has 1 aliphatic rings. The maximum atomic E-state index is 11.8. The number of allylic oxidation sites excluding steroid dienone is 2. The van der Waals surface area contributed by atoms with Crippen molar-refractivity contribution in [3.05, 3.63) is 30.9 Å². The topological polar surface area (TPSA) is 46.9 Å². The summed E-state index contributed by atoms with van der Waals surface area (Å²) in [6, 6.07) is 0.141. The zero-order chi connectivity index (χ0) is 12.1. The lowest BCUT2D eigenvalue weighted by Crippen LogP contribution is -2.36. The monoisotopic (exact) mass is 233 g/mol. The molecule has 0 unspecified atom stereocenters. The Labute approximate surface area is 102 Å². The van der Waals surface area contributed by atoms with E-state index in [4.69, 9.17) is 0 Å². The molecule has 1 N–H and O–H groups in total. The average Bonchev–Trinajstić information content (AvgIpc) is 2.90. The molecule has 4 nitrogen and oxygen atoms in total. The zero-order valence-electron chi connectivity index (χ0n) is 10.2. The average molecular weight is 233 g/mol. The van der Waals surface area contributed by atoms with Gasteiger partial charge in [-0.15, -0.1) is 0 Å². The first-order valence-electron chi connectivity index (χ1n) is 6.16. The number of aromatic nitrogens is 2. The van der Waals surface area contributed by atoms with Crippen LogP contribution in [0.1, 0.15) is 26.2 Å². The number of amides is 1. The van der Waals surface area contributed by atoms with Crippen LogP contribution in [-0.2, 0) is 11.3 Å². The zero-order valence-corrected chi connectivity index (χ0v) is 10.2. The van der Waals surface area contributed by atoms with Gasteiger partial charge in [-0.05, 0) is 25.7 Å². The summed E-state index contributed by atoms with van der Waals surface area (Å²) < 4.78 is 1.97. The molecule has 2 rings (SSSR count). The van der Waals surface area contributed by atoms with Gasteiger partial charge in [-0.1, -0.05) is 12.2 Å². The van der Waals surface area contributed by atoms with Crippen LogP contribution in [-0.4, -0.2) is 21.5 Å². The highest BCUT2D eigenvalue weighted by atomic mass is 16.1. The molecule has 1 aromatic heterocycles. The molecule has 1 aliphatic carbocycles. The minimum absolute atomic E-state index is 0.141. The second kappa shape index (κ2) is 5.66. The van der Waals surface area contributed by atoms with Gasteiger partial charge in [0, 0.05) is 31.4 Å². The molecule has 0 saturated carbocycles. The summed E-state index contributed by atoms with van der Waals surface area (Å²) in [5.41, 5.74) is 0. The molecule has 0 bridgehead atoms. The van der Waals surface area contributed by atoms with Crippen LogP contribution in [0.15, 0.2) is 30.9 Å². The van der Waals surface area contributed by atoms with Gasteiger partial charge in [0.25, 0.3) is 0 Å². The smallest absolute Gasteiger partial charge is 0.220 e. The van der Waals surface area contributed by atoms with Gasteiger partial charge in [-0.25, -0.2) is 4.98 Å². The first kappa shape index (κ1) is 11.9. The van der Waals surface area contributed by atoms with Crippen molar-refractivity contribution in [3.8, 4) is 0 Å². The molecule has 17 heavy (non-hydrogen) atoms. The van der Waals surface area contributed by atoms with Crippen molar-refractivity contribution in [1.82, 2.24) is 14.9 Å². The molecule has 0 saturated heterocycles. The molecule has 0 radical (unpaired) electrons. The highest BCUT2D eigenvalue weighted by Gasteiger charge is 2.15. The third kappa shape index (κ3) is 3.73. The minimum atomic E-state index is 0.141. The summed E-state index contributed by atoms with van der Waals surface area (Å²) in [4.78, 5) is 15.7. The van der Waals surface area contributed by atoms with Crippen molar-refractivity contribution in [2.75, 3.05) is 0 Å². The summed E-state index contributed by atoms with van der Waals surface area (Å²) in [6.45, 7) is 2.79. The molecule has 4 heteroatoms. The molecular weight excluding hydrogens is 214 g/mol. The molecule has 1 heterocycles. The Bertz CT molecular complexity index is 383. The van der Waals surface area contributed by atoms with Crippen molar-refractivity contribution in [2.45, 2.75) is 38.8 Å². The number of imidazole rings is 1. The highest BCUT2D eigenvalue weighted by molar-refractivity contribution is 5.76. The van der Waals surface area contributed by atoms with E-state index in [-0.39, 0.29) is 11.9 Å². The van der Waals surface area contributed by atoms with Crippen molar-refractivity contribution >= 4 is 5.91 Å². The van der Waals surface area contributed by atoms with Gasteiger partial charge in [0.2, 0.25) is 5.91 Å². The Kier molecular flexibility index (Phi) is 3.96. The van der Waals surface area contributed by atoms with Gasteiger partial charge >= 0.3 is 0 Å². The van der Waals surface area contributed by atoms with Crippen molar-refractivity contribution in [1.29, 1.82) is 0 Å². The summed E-state index contributed by atoms with van der Waals surface area (Å²) in [7, 11) is 0. The summed E-state index contributed by atoms with van der Waals surface area (Å²) in [5.74, 6) is 0.588. The number of nitrogens with one attached hydrogen (secondary N) is 1. The predicted molar refractivity (Wildman–Crippen MR) is 66.3 cm³/mol. The van der Waals surface area contributed by atoms with Crippen LogP contribution in [0.2, 0.25) is 0 Å². The number of hydrogen-bond acceptors (Lipinski definition) is 2. The van der Waals surface area contributed by atoms with Crippen LogP contribution in [0.25, 0.3) is 0 Å². The largest absolute Gasteiger partial charge is 0.352 e. The van der Waals surface area contributed by atoms with E-state index in [1.807, 2.05) is 17.7 Å². The van der Waals surface area contributed by atoms with Crippen molar-refractivity contribution < 1.29 is 4.79 Å². The van der Waals surface area contributed by atoms with Crippen LogP contribution >= 0.6 is 0 Å². The molecule has 2 atom stereocenters. The summed E-state index contributed by atoms with van der Waals surface area (Å²) in [6.07, 6.45) is 12.6. The summed E-state index contributed by atoms with van der Waals surface area (Å²) >= 11 is 0. The molecule has 1 aromatic rings. The maximum absolute atomic E-state index is 11.8. The second-order valence-corrected chi connectivity index (χ2v) is 4.70. The van der Waals surface area contributed by atoms with Gasteiger partial charge in [0.15, 0.2) is 0 Å². The molecule has 0 fully saturated rings. The number of carbonyl (C=O) groups excluding carboxylic acids is 1. The van der Waals surface area contributed by atoms with Gasteiger partial charge < -0.3 is 9.88 Å². The minimum Gasteiger partial charge on any atom is -0.352 e. The highest BCUT2D eigenvalue weighted by Crippen LogP contribution is 2.19. The lowest BCUT2D eigenvalue weighted by atomic mass is 10.0.